The van der Waals surface area contributed by atoms with E-state index >= 15 is 0 Å². The molecule has 2 heterocycles. The average molecular weight is 406 g/mol. The summed E-state index contributed by atoms with van der Waals surface area (Å²) in [5, 5.41) is 13.1. The van der Waals surface area contributed by atoms with E-state index in [-0.39, 0.29) is 17.7 Å². The van der Waals surface area contributed by atoms with Gasteiger partial charge in [0.25, 0.3) is 0 Å². The van der Waals surface area contributed by atoms with Crippen molar-refractivity contribution in [3.63, 3.8) is 0 Å². The zero-order valence-electron chi connectivity index (χ0n) is 16.7. The van der Waals surface area contributed by atoms with E-state index in [2.05, 4.69) is 57.3 Å². The van der Waals surface area contributed by atoms with Crippen molar-refractivity contribution < 1.29 is 4.79 Å². The van der Waals surface area contributed by atoms with Gasteiger partial charge in [0.05, 0.1) is 11.3 Å². The van der Waals surface area contributed by atoms with Crippen LogP contribution in [-0.4, -0.2) is 37.5 Å². The van der Waals surface area contributed by atoms with Crippen LogP contribution in [0.4, 0.5) is 0 Å². The third kappa shape index (κ3) is 4.24. The maximum absolute atomic E-state index is 12.0. The van der Waals surface area contributed by atoms with E-state index in [9.17, 15) is 4.79 Å². The van der Waals surface area contributed by atoms with Gasteiger partial charge in [0, 0.05) is 18.0 Å². The second kappa shape index (κ2) is 8.21. The maximum atomic E-state index is 12.0. The predicted octanol–water partition coefficient (Wildman–Crippen LogP) is 3.95. The first-order valence-electron chi connectivity index (χ1n) is 9.60. The van der Waals surface area contributed by atoms with Crippen molar-refractivity contribution in [1.82, 2.24) is 25.1 Å². The molecule has 6 nitrogen and oxygen atoms in total. The Morgan fingerprint density at radius 1 is 1.10 bits per heavy atom. The summed E-state index contributed by atoms with van der Waals surface area (Å²) in [5.74, 6) is 0.234. The molecule has 0 atom stereocenters. The van der Waals surface area contributed by atoms with Gasteiger partial charge < -0.3 is 9.88 Å². The minimum atomic E-state index is -0.0334. The predicted molar refractivity (Wildman–Crippen MR) is 117 cm³/mol. The van der Waals surface area contributed by atoms with E-state index in [1.807, 2.05) is 32.0 Å². The molecular weight excluding hydrogens is 382 g/mol. The molecule has 0 bridgehead atoms. The van der Waals surface area contributed by atoms with Gasteiger partial charge in [-0.15, -0.1) is 10.2 Å². The highest BCUT2D eigenvalue weighted by atomic mass is 32.2. The summed E-state index contributed by atoms with van der Waals surface area (Å²) in [6.45, 7) is 6.66. The van der Waals surface area contributed by atoms with Crippen LogP contribution in [0.1, 0.15) is 25.0 Å². The van der Waals surface area contributed by atoms with Crippen LogP contribution in [0.25, 0.3) is 22.1 Å². The van der Waals surface area contributed by atoms with Crippen molar-refractivity contribution in [2.75, 3.05) is 5.75 Å². The summed E-state index contributed by atoms with van der Waals surface area (Å²) in [6, 6.07) is 16.8. The lowest BCUT2D eigenvalue weighted by molar-refractivity contribution is -0.119. The Balaban J connectivity index is 1.71. The fourth-order valence-corrected chi connectivity index (χ4v) is 3.87. The number of hydrogen-bond donors (Lipinski definition) is 1. The Kier molecular flexibility index (Phi) is 5.49. The SMILES string of the molecule is Cc1ccc(Cn2c3ccccc3c3nnc(SCC(=O)NC(C)C)nc32)cc1. The van der Waals surface area contributed by atoms with Crippen molar-refractivity contribution in [2.24, 2.45) is 0 Å². The van der Waals surface area contributed by atoms with E-state index < -0.39 is 0 Å². The molecule has 4 rings (SSSR count). The van der Waals surface area contributed by atoms with E-state index in [4.69, 9.17) is 4.98 Å². The van der Waals surface area contributed by atoms with Gasteiger partial charge in [0.1, 0.15) is 5.52 Å². The number of amides is 1. The number of carbonyl (C=O) groups is 1. The van der Waals surface area contributed by atoms with Crippen LogP contribution >= 0.6 is 11.8 Å². The zero-order chi connectivity index (χ0) is 20.4. The first-order valence-corrected chi connectivity index (χ1v) is 10.6. The smallest absolute Gasteiger partial charge is 0.230 e. The molecule has 0 fully saturated rings. The van der Waals surface area contributed by atoms with Crippen LogP contribution in [0.15, 0.2) is 53.7 Å². The molecule has 0 radical (unpaired) electrons. The first-order chi connectivity index (χ1) is 14.0. The van der Waals surface area contributed by atoms with E-state index in [0.717, 1.165) is 22.1 Å². The second-order valence-electron chi connectivity index (χ2n) is 7.37. The lowest BCUT2D eigenvalue weighted by Crippen LogP contribution is -2.31. The number of nitrogens with one attached hydrogen (secondary N) is 1. The number of rotatable bonds is 6. The summed E-state index contributed by atoms with van der Waals surface area (Å²) in [7, 11) is 0. The Hall–Kier alpha value is -2.93. The number of thioether (sulfide) groups is 1. The van der Waals surface area contributed by atoms with Crippen molar-refractivity contribution in [3.8, 4) is 0 Å². The Bertz CT molecular complexity index is 1170. The van der Waals surface area contributed by atoms with E-state index in [0.29, 0.717) is 11.7 Å². The lowest BCUT2D eigenvalue weighted by Gasteiger charge is -2.08. The molecule has 2 aromatic carbocycles. The van der Waals surface area contributed by atoms with Crippen LogP contribution in [0.2, 0.25) is 0 Å². The molecule has 2 aromatic heterocycles. The standard InChI is InChI=1S/C22H23N5OS/c1-14(2)23-19(28)13-29-22-24-21-20(25-26-22)17-6-4-5-7-18(17)27(21)12-16-10-8-15(3)9-11-16/h4-11,14H,12-13H2,1-3H3,(H,23,28). The van der Waals surface area contributed by atoms with Gasteiger partial charge in [0.15, 0.2) is 5.65 Å². The van der Waals surface area contributed by atoms with Crippen LogP contribution in [0.3, 0.4) is 0 Å². The van der Waals surface area contributed by atoms with E-state index in [1.165, 1.54) is 22.9 Å². The van der Waals surface area contributed by atoms with Crippen molar-refractivity contribution in [3.05, 3.63) is 59.7 Å². The Labute approximate surface area is 173 Å². The molecule has 0 aliphatic heterocycles. The summed E-state index contributed by atoms with van der Waals surface area (Å²) < 4.78 is 2.17. The van der Waals surface area contributed by atoms with Crippen molar-refractivity contribution in [2.45, 2.75) is 38.5 Å². The number of nitrogens with zero attached hydrogens (tertiary/aromatic N) is 4. The average Bonchev–Trinajstić information content (AvgIpc) is 3.01. The Morgan fingerprint density at radius 2 is 1.86 bits per heavy atom. The molecule has 7 heteroatoms. The first kappa shape index (κ1) is 19.4. The molecule has 0 aliphatic rings. The van der Waals surface area contributed by atoms with Gasteiger partial charge in [-0.1, -0.05) is 59.8 Å². The highest BCUT2D eigenvalue weighted by Crippen LogP contribution is 2.28. The molecule has 4 aromatic rings. The van der Waals surface area contributed by atoms with Gasteiger partial charge in [-0.2, -0.15) is 0 Å². The third-order valence-electron chi connectivity index (χ3n) is 4.60. The quantitative estimate of drug-likeness (QED) is 0.492. The monoisotopic (exact) mass is 405 g/mol. The number of benzene rings is 2. The molecule has 148 valence electrons. The van der Waals surface area contributed by atoms with Crippen LogP contribution in [0, 0.1) is 6.92 Å². The minimum absolute atomic E-state index is 0.0334. The largest absolute Gasteiger partial charge is 0.353 e. The topological polar surface area (TPSA) is 72.7 Å². The summed E-state index contributed by atoms with van der Waals surface area (Å²) in [4.78, 5) is 16.7. The number of aromatic nitrogens is 4. The fourth-order valence-electron chi connectivity index (χ4n) is 3.28. The molecular formula is C22H23N5OS. The number of hydrogen-bond acceptors (Lipinski definition) is 5. The summed E-state index contributed by atoms with van der Waals surface area (Å²) >= 11 is 1.30. The third-order valence-corrected chi connectivity index (χ3v) is 5.44. The zero-order valence-corrected chi connectivity index (χ0v) is 17.5. The summed E-state index contributed by atoms with van der Waals surface area (Å²) in [6.07, 6.45) is 0. The highest BCUT2D eigenvalue weighted by Gasteiger charge is 2.16. The second-order valence-corrected chi connectivity index (χ2v) is 8.31. The Morgan fingerprint density at radius 3 is 2.62 bits per heavy atom. The molecule has 0 aliphatic carbocycles. The van der Waals surface area contributed by atoms with Crippen molar-refractivity contribution >= 4 is 39.7 Å². The van der Waals surface area contributed by atoms with Crippen LogP contribution in [-0.2, 0) is 11.3 Å². The number of fused-ring (bicyclic) bond motifs is 3. The van der Waals surface area contributed by atoms with Crippen molar-refractivity contribution in [1.29, 1.82) is 0 Å². The van der Waals surface area contributed by atoms with E-state index in [1.54, 1.807) is 0 Å². The normalized spacial score (nSPS) is 11.4. The van der Waals surface area contributed by atoms with Crippen LogP contribution in [0.5, 0.6) is 0 Å². The summed E-state index contributed by atoms with van der Waals surface area (Å²) in [5.41, 5.74) is 5.07. The number of aryl methyl sites for hydroxylation is 1. The van der Waals surface area contributed by atoms with Gasteiger partial charge in [-0.3, -0.25) is 4.79 Å². The minimum Gasteiger partial charge on any atom is -0.353 e. The van der Waals surface area contributed by atoms with Crippen LogP contribution < -0.4 is 5.32 Å². The van der Waals surface area contributed by atoms with Gasteiger partial charge in [0.2, 0.25) is 11.1 Å². The molecule has 1 N–H and O–H groups in total. The fraction of sp³-hybridized carbons (Fsp3) is 0.273. The number of carbonyl (C=O) groups excluding carboxylic acids is 1. The van der Waals surface area contributed by atoms with Gasteiger partial charge in [-0.05, 0) is 32.4 Å². The molecule has 0 saturated carbocycles. The van der Waals surface area contributed by atoms with Gasteiger partial charge >= 0.3 is 0 Å². The maximum Gasteiger partial charge on any atom is 0.230 e. The molecule has 0 spiro atoms. The van der Waals surface area contributed by atoms with Gasteiger partial charge in [-0.25, -0.2) is 4.98 Å². The molecule has 0 saturated heterocycles. The lowest BCUT2D eigenvalue weighted by atomic mass is 10.1. The molecule has 29 heavy (non-hydrogen) atoms. The highest BCUT2D eigenvalue weighted by molar-refractivity contribution is 7.99. The molecule has 0 unspecified atom stereocenters. The number of para-hydroxylation sites is 1. The molecule has 1 amide bonds.